The number of carbonyl (C=O) groups is 4. The molecule has 0 bridgehead atoms. The minimum atomic E-state index is -1.21. The van der Waals surface area contributed by atoms with Crippen molar-refractivity contribution in [3.8, 4) is 0 Å². The highest BCUT2D eigenvalue weighted by Crippen LogP contribution is 2.41. The van der Waals surface area contributed by atoms with Gasteiger partial charge in [-0.1, -0.05) is 34.3 Å². The third-order valence-corrected chi connectivity index (χ3v) is 9.94. The standard InChI is InChI=1S/C22H21N7O6S4/c30-9-23-21-25-13(8-37-21)14(28-35-12-4-2-1-3-5-12)17(31)26-15-18(32)29-16(20(33)34)11(6-36-19(15)29)7-38-22-27-24-10-39-22/h2,4,8-10,12,15,19H,1,3,5-7H2,(H,26,31)(H,33,34)(H,23,25,30)/t12?,15?,19-/m0/s1. The number of nitrogens with one attached hydrogen (secondary N) is 2. The fourth-order valence-electron chi connectivity index (χ4n) is 4.07. The largest absolute Gasteiger partial charge is 0.477 e. The van der Waals surface area contributed by atoms with Gasteiger partial charge in [0.2, 0.25) is 6.41 Å². The lowest BCUT2D eigenvalue weighted by Gasteiger charge is -2.49. The minimum absolute atomic E-state index is 0.0725. The van der Waals surface area contributed by atoms with Crippen molar-refractivity contribution in [3.05, 3.63) is 40.0 Å². The molecule has 3 aliphatic rings. The summed E-state index contributed by atoms with van der Waals surface area (Å²) in [5.74, 6) is -1.72. The van der Waals surface area contributed by atoms with E-state index in [1.54, 1.807) is 10.9 Å². The third kappa shape index (κ3) is 6.00. The van der Waals surface area contributed by atoms with Gasteiger partial charge in [-0.3, -0.25) is 19.3 Å². The minimum Gasteiger partial charge on any atom is -0.477 e. The van der Waals surface area contributed by atoms with Crippen LogP contribution in [0.15, 0.2) is 43.8 Å². The Hall–Kier alpha value is -3.28. The Kier molecular flexibility index (Phi) is 8.59. The smallest absolute Gasteiger partial charge is 0.352 e. The Morgan fingerprint density at radius 2 is 2.23 bits per heavy atom. The molecular weight excluding hydrogens is 587 g/mol. The maximum Gasteiger partial charge on any atom is 0.352 e. The number of oxime groups is 1. The van der Waals surface area contributed by atoms with E-state index in [9.17, 15) is 24.3 Å². The Balaban J connectivity index is 1.32. The number of thioether (sulfide) groups is 2. The molecule has 4 heterocycles. The van der Waals surface area contributed by atoms with Crippen LogP contribution in [0.3, 0.4) is 0 Å². The fraction of sp³-hybridized carbons (Fsp3) is 0.364. The lowest BCUT2D eigenvalue weighted by molar-refractivity contribution is -0.150. The average Bonchev–Trinajstić information content (AvgIpc) is 3.63. The highest BCUT2D eigenvalue weighted by atomic mass is 32.2. The van der Waals surface area contributed by atoms with E-state index in [2.05, 4.69) is 31.0 Å². The predicted molar refractivity (Wildman–Crippen MR) is 147 cm³/mol. The normalized spacial score (nSPS) is 22.7. The van der Waals surface area contributed by atoms with Gasteiger partial charge in [0.15, 0.2) is 15.2 Å². The van der Waals surface area contributed by atoms with Gasteiger partial charge in [-0.15, -0.1) is 33.3 Å². The van der Waals surface area contributed by atoms with Gasteiger partial charge in [-0.05, 0) is 30.9 Å². The van der Waals surface area contributed by atoms with Gasteiger partial charge >= 0.3 is 5.97 Å². The molecule has 204 valence electrons. The molecule has 1 aliphatic carbocycles. The second kappa shape index (κ2) is 12.3. The summed E-state index contributed by atoms with van der Waals surface area (Å²) in [6.45, 7) is 0. The van der Waals surface area contributed by atoms with Gasteiger partial charge in [0.25, 0.3) is 11.8 Å². The first-order valence-electron chi connectivity index (χ1n) is 11.6. The molecule has 2 aliphatic heterocycles. The Morgan fingerprint density at radius 1 is 1.36 bits per heavy atom. The van der Waals surface area contributed by atoms with Crippen LogP contribution in [-0.2, 0) is 24.0 Å². The number of carbonyl (C=O) groups excluding carboxylic acids is 3. The zero-order valence-corrected chi connectivity index (χ0v) is 23.3. The first-order chi connectivity index (χ1) is 19.0. The number of carboxylic acid groups (broad SMARTS) is 1. The number of aromatic nitrogens is 3. The number of aliphatic carboxylic acids is 1. The van der Waals surface area contributed by atoms with Gasteiger partial charge in [0.05, 0.1) is 0 Å². The summed E-state index contributed by atoms with van der Waals surface area (Å²) >= 11 is 5.17. The number of anilines is 1. The lowest BCUT2D eigenvalue weighted by atomic mass is 10.0. The van der Waals surface area contributed by atoms with Crippen LogP contribution in [0, 0.1) is 0 Å². The first kappa shape index (κ1) is 27.3. The number of β-lactam (4-membered cyclic amide) rings is 1. The van der Waals surface area contributed by atoms with E-state index in [0.717, 1.165) is 30.6 Å². The zero-order chi connectivity index (χ0) is 27.4. The van der Waals surface area contributed by atoms with Gasteiger partial charge in [-0.2, -0.15) is 0 Å². The number of fused-ring (bicyclic) bond motifs is 1. The molecule has 1 fully saturated rings. The quantitative estimate of drug-likeness (QED) is 0.0850. The number of nitrogens with zero attached hydrogens (tertiary/aromatic N) is 5. The summed E-state index contributed by atoms with van der Waals surface area (Å²) < 4.78 is 0.700. The maximum atomic E-state index is 13.3. The second-order valence-electron chi connectivity index (χ2n) is 8.35. The molecular formula is C22H21N7O6S4. The molecule has 5 rings (SSSR count). The van der Waals surface area contributed by atoms with Crippen LogP contribution < -0.4 is 10.6 Å². The fourth-order valence-corrected chi connectivity index (χ4v) is 7.70. The average molecular weight is 608 g/mol. The molecule has 1 saturated heterocycles. The Labute approximate surface area is 238 Å². The topological polar surface area (TPSA) is 176 Å². The van der Waals surface area contributed by atoms with Crippen LogP contribution in [-0.4, -0.2) is 84.1 Å². The van der Waals surface area contributed by atoms with Crippen molar-refractivity contribution in [2.45, 2.75) is 41.1 Å². The molecule has 13 nitrogen and oxygen atoms in total. The number of hydrogen-bond donors (Lipinski definition) is 3. The monoisotopic (exact) mass is 607 g/mol. The molecule has 2 aromatic heterocycles. The summed E-state index contributed by atoms with van der Waals surface area (Å²) in [5.41, 5.74) is 2.13. The van der Waals surface area contributed by atoms with E-state index in [1.807, 2.05) is 12.2 Å². The van der Waals surface area contributed by atoms with Crippen molar-refractivity contribution in [3.63, 3.8) is 0 Å². The number of amides is 3. The van der Waals surface area contributed by atoms with Gasteiger partial charge < -0.3 is 20.6 Å². The first-order valence-corrected chi connectivity index (χ1v) is 15.4. The van der Waals surface area contributed by atoms with E-state index >= 15 is 0 Å². The highest BCUT2D eigenvalue weighted by molar-refractivity contribution is 8.01. The van der Waals surface area contributed by atoms with E-state index in [1.165, 1.54) is 39.8 Å². The zero-order valence-electron chi connectivity index (χ0n) is 20.0. The van der Waals surface area contributed by atoms with Gasteiger partial charge in [0.1, 0.15) is 34.4 Å². The molecule has 0 spiro atoms. The van der Waals surface area contributed by atoms with Crippen molar-refractivity contribution in [2.75, 3.05) is 16.8 Å². The van der Waals surface area contributed by atoms with Gasteiger partial charge in [0, 0.05) is 16.9 Å². The number of allylic oxidation sites excluding steroid dienone is 1. The molecule has 2 aromatic rings. The van der Waals surface area contributed by atoms with Crippen molar-refractivity contribution in [2.24, 2.45) is 5.16 Å². The number of carboxylic acids is 1. The van der Waals surface area contributed by atoms with Crippen LogP contribution >= 0.6 is 46.2 Å². The molecule has 17 heteroatoms. The molecule has 3 atom stereocenters. The van der Waals surface area contributed by atoms with Crippen LogP contribution in [0.1, 0.15) is 25.0 Å². The summed E-state index contributed by atoms with van der Waals surface area (Å²) in [7, 11) is 0. The predicted octanol–water partition coefficient (Wildman–Crippen LogP) is 1.92. The summed E-state index contributed by atoms with van der Waals surface area (Å²) in [6, 6.07) is -0.958. The SMILES string of the molecule is O=CNc1nc(C(=NOC2C=CCCC2)C(=O)NC2C(=O)N3C(C(=O)O)=C(CSc4nncs4)CS[C@@H]23)cs1. The molecule has 39 heavy (non-hydrogen) atoms. The maximum absolute atomic E-state index is 13.3. The number of rotatable bonds is 11. The molecule has 3 amide bonds. The van der Waals surface area contributed by atoms with Crippen LogP contribution in [0.2, 0.25) is 0 Å². The second-order valence-corrected chi connectivity index (χ2v) is 12.4. The van der Waals surface area contributed by atoms with Crippen molar-refractivity contribution >= 4 is 81.2 Å². The Morgan fingerprint density at radius 3 is 2.95 bits per heavy atom. The number of thiazole rings is 1. The number of hydrogen-bond acceptors (Lipinski definition) is 13. The molecule has 0 aromatic carbocycles. The van der Waals surface area contributed by atoms with Crippen LogP contribution in [0.5, 0.6) is 0 Å². The van der Waals surface area contributed by atoms with Crippen molar-refractivity contribution in [1.82, 2.24) is 25.4 Å². The lowest BCUT2D eigenvalue weighted by Crippen LogP contribution is -2.71. The highest BCUT2D eigenvalue weighted by Gasteiger charge is 2.54. The summed E-state index contributed by atoms with van der Waals surface area (Å²) in [6.07, 6.45) is 6.63. The van der Waals surface area contributed by atoms with E-state index in [-0.39, 0.29) is 28.3 Å². The molecule has 0 radical (unpaired) electrons. The molecule has 0 saturated carbocycles. The molecule has 2 unspecified atom stereocenters. The van der Waals surface area contributed by atoms with Crippen molar-refractivity contribution in [1.29, 1.82) is 0 Å². The van der Waals surface area contributed by atoms with Crippen LogP contribution in [0.25, 0.3) is 0 Å². The summed E-state index contributed by atoms with van der Waals surface area (Å²) in [4.78, 5) is 60.4. The van der Waals surface area contributed by atoms with Crippen molar-refractivity contribution < 1.29 is 29.1 Å². The van der Waals surface area contributed by atoms with E-state index < -0.39 is 29.2 Å². The Bertz CT molecular complexity index is 1360. The summed E-state index contributed by atoms with van der Waals surface area (Å²) in [5, 5.41) is 28.0. The third-order valence-electron chi connectivity index (χ3n) is 5.88. The molecule has 3 N–H and O–H groups in total. The van der Waals surface area contributed by atoms with E-state index in [0.29, 0.717) is 27.8 Å². The van der Waals surface area contributed by atoms with Gasteiger partial charge in [-0.25, -0.2) is 9.78 Å². The van der Waals surface area contributed by atoms with Crippen LogP contribution in [0.4, 0.5) is 5.13 Å². The van der Waals surface area contributed by atoms with E-state index in [4.69, 9.17) is 4.84 Å².